The zero-order valence-electron chi connectivity index (χ0n) is 13.2. The van der Waals surface area contributed by atoms with Crippen LogP contribution in [-0.2, 0) is 6.54 Å². The van der Waals surface area contributed by atoms with E-state index in [9.17, 15) is 5.11 Å². The molecular weight excluding hydrogens is 272 g/mol. The van der Waals surface area contributed by atoms with Crippen molar-refractivity contribution in [3.63, 3.8) is 0 Å². The number of fused-ring (bicyclic) bond motifs is 2. The van der Waals surface area contributed by atoms with Crippen molar-refractivity contribution in [2.24, 2.45) is 0 Å². The molecule has 0 bridgehead atoms. The van der Waals surface area contributed by atoms with Crippen molar-refractivity contribution in [2.75, 3.05) is 19.6 Å². The topological polar surface area (TPSA) is 26.7 Å². The van der Waals surface area contributed by atoms with Gasteiger partial charge in [0.15, 0.2) is 0 Å². The standard InChI is InChI=1S/C19H24N2O/c1-14-10-21-13-18(22)9-17(21)12-20(14)11-16-7-4-6-15-5-2-3-8-19(15)16/h2-8,14,17-18,22H,9-13H2,1H3/t14-,17?,18+/m0/s1. The molecule has 0 spiro atoms. The Bertz CT molecular complexity index is 666. The molecule has 2 heterocycles. The van der Waals surface area contributed by atoms with Crippen LogP contribution in [0.15, 0.2) is 42.5 Å². The van der Waals surface area contributed by atoms with Gasteiger partial charge >= 0.3 is 0 Å². The fraction of sp³-hybridized carbons (Fsp3) is 0.474. The lowest BCUT2D eigenvalue weighted by Crippen LogP contribution is -2.54. The smallest absolute Gasteiger partial charge is 0.0682 e. The van der Waals surface area contributed by atoms with Crippen LogP contribution in [0.3, 0.4) is 0 Å². The Kier molecular flexibility index (Phi) is 3.65. The quantitative estimate of drug-likeness (QED) is 0.922. The monoisotopic (exact) mass is 296 g/mol. The summed E-state index contributed by atoms with van der Waals surface area (Å²) in [4.78, 5) is 5.05. The molecule has 3 nitrogen and oxygen atoms in total. The van der Waals surface area contributed by atoms with E-state index in [1.165, 1.54) is 16.3 Å². The Balaban J connectivity index is 1.57. The molecule has 1 N–H and O–H groups in total. The van der Waals surface area contributed by atoms with Crippen molar-refractivity contribution in [1.82, 2.24) is 9.80 Å². The molecule has 0 radical (unpaired) electrons. The highest BCUT2D eigenvalue weighted by Crippen LogP contribution is 2.27. The number of rotatable bonds is 2. The number of aliphatic hydroxyl groups excluding tert-OH is 1. The van der Waals surface area contributed by atoms with Gasteiger partial charge in [-0.05, 0) is 29.7 Å². The Morgan fingerprint density at radius 3 is 2.77 bits per heavy atom. The van der Waals surface area contributed by atoms with Gasteiger partial charge in [0, 0.05) is 38.3 Å². The molecule has 2 aromatic rings. The van der Waals surface area contributed by atoms with Crippen LogP contribution in [0.4, 0.5) is 0 Å². The van der Waals surface area contributed by atoms with E-state index in [0.717, 1.165) is 32.6 Å². The van der Waals surface area contributed by atoms with Crippen LogP contribution in [0, 0.1) is 0 Å². The second-order valence-electron chi connectivity index (χ2n) is 6.91. The molecule has 2 aromatic carbocycles. The molecule has 0 aliphatic carbocycles. The Hall–Kier alpha value is -1.42. The van der Waals surface area contributed by atoms with Gasteiger partial charge in [-0.25, -0.2) is 0 Å². The molecular formula is C19H24N2O. The summed E-state index contributed by atoms with van der Waals surface area (Å²) in [6.07, 6.45) is 0.799. The van der Waals surface area contributed by atoms with Crippen molar-refractivity contribution in [3.05, 3.63) is 48.0 Å². The number of nitrogens with zero attached hydrogens (tertiary/aromatic N) is 2. The number of piperazine rings is 1. The lowest BCUT2D eigenvalue weighted by Gasteiger charge is -2.42. The number of aliphatic hydroxyl groups is 1. The van der Waals surface area contributed by atoms with Crippen molar-refractivity contribution >= 4 is 10.8 Å². The Morgan fingerprint density at radius 2 is 1.86 bits per heavy atom. The molecule has 4 rings (SSSR count). The Labute approximate surface area is 132 Å². The number of benzene rings is 2. The van der Waals surface area contributed by atoms with E-state index in [1.807, 2.05) is 0 Å². The first-order valence-corrected chi connectivity index (χ1v) is 8.33. The lowest BCUT2D eigenvalue weighted by atomic mass is 10.0. The summed E-state index contributed by atoms with van der Waals surface area (Å²) in [6.45, 7) is 6.32. The summed E-state index contributed by atoms with van der Waals surface area (Å²) >= 11 is 0. The molecule has 22 heavy (non-hydrogen) atoms. The molecule has 2 aliphatic heterocycles. The predicted octanol–water partition coefficient (Wildman–Crippen LogP) is 2.48. The second-order valence-corrected chi connectivity index (χ2v) is 6.91. The first-order chi connectivity index (χ1) is 10.7. The highest BCUT2D eigenvalue weighted by atomic mass is 16.3. The molecule has 2 saturated heterocycles. The second kappa shape index (κ2) is 5.65. The third kappa shape index (κ3) is 2.54. The van der Waals surface area contributed by atoms with Gasteiger partial charge in [0.1, 0.15) is 0 Å². The minimum absolute atomic E-state index is 0.130. The van der Waals surface area contributed by atoms with Gasteiger partial charge in [0.05, 0.1) is 6.10 Å². The van der Waals surface area contributed by atoms with Gasteiger partial charge < -0.3 is 5.11 Å². The maximum Gasteiger partial charge on any atom is 0.0682 e. The van der Waals surface area contributed by atoms with Crippen LogP contribution in [-0.4, -0.2) is 52.7 Å². The summed E-state index contributed by atoms with van der Waals surface area (Å²) in [5, 5.41) is 12.6. The number of hydrogen-bond acceptors (Lipinski definition) is 3. The van der Waals surface area contributed by atoms with Crippen molar-refractivity contribution in [3.8, 4) is 0 Å². The van der Waals surface area contributed by atoms with Gasteiger partial charge in [-0.15, -0.1) is 0 Å². The number of hydrogen-bond donors (Lipinski definition) is 1. The van der Waals surface area contributed by atoms with Gasteiger partial charge in [-0.3, -0.25) is 9.80 Å². The van der Waals surface area contributed by atoms with Crippen LogP contribution in [0.25, 0.3) is 10.8 Å². The van der Waals surface area contributed by atoms with E-state index >= 15 is 0 Å². The van der Waals surface area contributed by atoms with Crippen LogP contribution in [0.1, 0.15) is 18.9 Å². The molecule has 2 aliphatic rings. The molecule has 116 valence electrons. The van der Waals surface area contributed by atoms with Gasteiger partial charge in [0.25, 0.3) is 0 Å². The molecule has 0 aromatic heterocycles. The SMILES string of the molecule is C[C@H]1CN2C[C@H](O)CC2CN1Cc1cccc2ccccc12. The lowest BCUT2D eigenvalue weighted by molar-refractivity contribution is 0.0531. The summed E-state index contributed by atoms with van der Waals surface area (Å²) in [7, 11) is 0. The van der Waals surface area contributed by atoms with Crippen LogP contribution in [0.2, 0.25) is 0 Å². The molecule has 0 amide bonds. The zero-order valence-corrected chi connectivity index (χ0v) is 13.2. The largest absolute Gasteiger partial charge is 0.392 e. The van der Waals surface area contributed by atoms with E-state index in [-0.39, 0.29) is 6.10 Å². The third-order valence-electron chi connectivity index (χ3n) is 5.33. The highest BCUT2D eigenvalue weighted by Gasteiger charge is 2.38. The van der Waals surface area contributed by atoms with Crippen LogP contribution in [0.5, 0.6) is 0 Å². The highest BCUT2D eigenvalue weighted by molar-refractivity contribution is 5.85. The van der Waals surface area contributed by atoms with E-state index in [0.29, 0.717) is 12.1 Å². The fourth-order valence-electron chi connectivity index (χ4n) is 4.15. The normalized spacial score (nSPS) is 29.8. The average molecular weight is 296 g/mol. The maximum atomic E-state index is 9.90. The predicted molar refractivity (Wildman–Crippen MR) is 89.8 cm³/mol. The molecule has 3 atom stereocenters. The van der Waals surface area contributed by atoms with Crippen molar-refractivity contribution in [2.45, 2.75) is 38.1 Å². The van der Waals surface area contributed by atoms with Crippen LogP contribution < -0.4 is 0 Å². The Morgan fingerprint density at radius 1 is 1.05 bits per heavy atom. The van der Waals surface area contributed by atoms with Gasteiger partial charge in [0.2, 0.25) is 0 Å². The summed E-state index contributed by atoms with van der Waals surface area (Å²) in [5.74, 6) is 0. The first kappa shape index (κ1) is 14.2. The van der Waals surface area contributed by atoms with E-state index < -0.39 is 0 Å². The fourth-order valence-corrected chi connectivity index (χ4v) is 4.15. The third-order valence-corrected chi connectivity index (χ3v) is 5.33. The van der Waals surface area contributed by atoms with Crippen molar-refractivity contribution < 1.29 is 5.11 Å². The minimum Gasteiger partial charge on any atom is -0.392 e. The van der Waals surface area contributed by atoms with Gasteiger partial charge in [-0.1, -0.05) is 42.5 Å². The maximum absolute atomic E-state index is 9.90. The zero-order chi connectivity index (χ0) is 15.1. The average Bonchev–Trinajstić information content (AvgIpc) is 2.87. The summed E-state index contributed by atoms with van der Waals surface area (Å²) in [6, 6.07) is 16.3. The van der Waals surface area contributed by atoms with Crippen molar-refractivity contribution in [1.29, 1.82) is 0 Å². The minimum atomic E-state index is -0.130. The summed E-state index contributed by atoms with van der Waals surface area (Å²) < 4.78 is 0. The molecule has 2 fully saturated rings. The molecule has 3 heteroatoms. The van der Waals surface area contributed by atoms with Crippen LogP contribution >= 0.6 is 0 Å². The molecule has 0 saturated carbocycles. The van der Waals surface area contributed by atoms with Gasteiger partial charge in [-0.2, -0.15) is 0 Å². The van der Waals surface area contributed by atoms with E-state index in [1.54, 1.807) is 0 Å². The van der Waals surface area contributed by atoms with E-state index in [2.05, 4.69) is 59.2 Å². The summed E-state index contributed by atoms with van der Waals surface area (Å²) in [5.41, 5.74) is 1.41. The van der Waals surface area contributed by atoms with E-state index in [4.69, 9.17) is 0 Å². The first-order valence-electron chi connectivity index (χ1n) is 8.33. The molecule has 1 unspecified atom stereocenters.